The first-order chi connectivity index (χ1) is 11.5. The molecule has 7 nitrogen and oxygen atoms in total. The topological polar surface area (TPSA) is 93.7 Å². The van der Waals surface area contributed by atoms with Gasteiger partial charge in [-0.3, -0.25) is 4.79 Å². The average molecular weight is 356 g/mol. The largest absolute Gasteiger partial charge is 0.484 e. The molecule has 1 heterocycles. The summed E-state index contributed by atoms with van der Waals surface area (Å²) in [6, 6.07) is 5.98. The number of amides is 1. The fourth-order valence-corrected chi connectivity index (χ4v) is 3.40. The fraction of sp³-hybridized carbons (Fsp3) is 0.562. The lowest BCUT2D eigenvalue weighted by Crippen LogP contribution is -2.35. The van der Waals surface area contributed by atoms with Crippen molar-refractivity contribution in [3.05, 3.63) is 24.3 Å². The van der Waals surface area contributed by atoms with Crippen molar-refractivity contribution in [3.8, 4) is 5.75 Å². The summed E-state index contributed by atoms with van der Waals surface area (Å²) in [5.41, 5.74) is 0. The van der Waals surface area contributed by atoms with Crippen LogP contribution in [0.5, 0.6) is 5.75 Å². The van der Waals surface area contributed by atoms with E-state index in [1.54, 1.807) is 0 Å². The lowest BCUT2D eigenvalue weighted by atomic mass is 10.2. The Balaban J connectivity index is 1.77. The normalized spacial score (nSPS) is 17.6. The average Bonchev–Trinajstić information content (AvgIpc) is 3.10. The van der Waals surface area contributed by atoms with Gasteiger partial charge in [0.05, 0.1) is 11.0 Å². The summed E-state index contributed by atoms with van der Waals surface area (Å²) in [6.07, 6.45) is 2.80. The molecule has 2 N–H and O–H groups in total. The van der Waals surface area contributed by atoms with E-state index in [1.807, 2.05) is 6.92 Å². The van der Waals surface area contributed by atoms with Crippen molar-refractivity contribution in [2.24, 2.45) is 0 Å². The van der Waals surface area contributed by atoms with Crippen molar-refractivity contribution in [3.63, 3.8) is 0 Å². The Morgan fingerprint density at radius 2 is 2.08 bits per heavy atom. The highest BCUT2D eigenvalue weighted by Crippen LogP contribution is 2.16. The highest BCUT2D eigenvalue weighted by atomic mass is 32.2. The van der Waals surface area contributed by atoms with Gasteiger partial charge in [-0.1, -0.05) is 6.92 Å². The van der Waals surface area contributed by atoms with Crippen LogP contribution >= 0.6 is 0 Å². The smallest absolute Gasteiger partial charge is 0.258 e. The summed E-state index contributed by atoms with van der Waals surface area (Å²) >= 11 is 0. The Labute approximate surface area is 142 Å². The zero-order chi connectivity index (χ0) is 17.4. The second-order valence-corrected chi connectivity index (χ2v) is 7.36. The van der Waals surface area contributed by atoms with Gasteiger partial charge >= 0.3 is 0 Å². The van der Waals surface area contributed by atoms with Crippen LogP contribution in [0.15, 0.2) is 29.2 Å². The van der Waals surface area contributed by atoms with E-state index in [1.165, 1.54) is 24.3 Å². The Kier molecular flexibility index (Phi) is 7.01. The van der Waals surface area contributed by atoms with Crippen LogP contribution in [0.4, 0.5) is 0 Å². The molecular formula is C16H24N2O5S. The van der Waals surface area contributed by atoms with Crippen LogP contribution in [0.1, 0.15) is 26.2 Å². The van der Waals surface area contributed by atoms with Gasteiger partial charge in [-0.05, 0) is 43.5 Å². The van der Waals surface area contributed by atoms with Gasteiger partial charge in [-0.25, -0.2) is 13.1 Å². The minimum atomic E-state index is -3.49. The summed E-state index contributed by atoms with van der Waals surface area (Å²) in [6.45, 7) is 3.41. The van der Waals surface area contributed by atoms with Gasteiger partial charge < -0.3 is 14.8 Å². The first-order valence-electron chi connectivity index (χ1n) is 8.12. The maximum Gasteiger partial charge on any atom is 0.258 e. The molecule has 24 heavy (non-hydrogen) atoms. The molecule has 0 unspecified atom stereocenters. The van der Waals surface area contributed by atoms with Gasteiger partial charge in [0.15, 0.2) is 6.61 Å². The molecule has 0 spiro atoms. The van der Waals surface area contributed by atoms with Crippen LogP contribution in [0.3, 0.4) is 0 Å². The third kappa shape index (κ3) is 5.77. The maximum atomic E-state index is 12.0. The molecule has 2 rings (SSSR count). The number of nitrogens with one attached hydrogen (secondary N) is 2. The summed E-state index contributed by atoms with van der Waals surface area (Å²) in [5.74, 6) is 0.212. The van der Waals surface area contributed by atoms with Crippen LogP contribution in [-0.2, 0) is 19.6 Å². The highest BCUT2D eigenvalue weighted by Gasteiger charge is 2.16. The number of ether oxygens (including phenoxy) is 2. The number of benzene rings is 1. The zero-order valence-corrected chi connectivity index (χ0v) is 14.6. The summed E-state index contributed by atoms with van der Waals surface area (Å²) in [4.78, 5) is 11.9. The van der Waals surface area contributed by atoms with Crippen molar-refractivity contribution < 1.29 is 22.7 Å². The third-order valence-corrected chi connectivity index (χ3v) is 5.07. The molecule has 0 aromatic heterocycles. The first kappa shape index (κ1) is 18.7. The maximum absolute atomic E-state index is 12.0. The van der Waals surface area contributed by atoms with E-state index in [0.29, 0.717) is 18.8 Å². The van der Waals surface area contributed by atoms with Gasteiger partial charge in [0, 0.05) is 19.7 Å². The molecule has 134 valence electrons. The monoisotopic (exact) mass is 356 g/mol. The number of sulfonamides is 1. The number of carbonyl (C=O) groups excluding carboxylic acids is 1. The number of hydrogen-bond donors (Lipinski definition) is 2. The Hall–Kier alpha value is -1.64. The molecule has 1 saturated heterocycles. The summed E-state index contributed by atoms with van der Waals surface area (Å²) in [7, 11) is -3.49. The lowest BCUT2D eigenvalue weighted by molar-refractivity contribution is -0.123. The molecule has 0 aliphatic carbocycles. The zero-order valence-electron chi connectivity index (χ0n) is 13.8. The molecule has 1 aliphatic heterocycles. The minimum Gasteiger partial charge on any atom is -0.484 e. The molecular weight excluding hydrogens is 332 g/mol. The number of hydrogen-bond acceptors (Lipinski definition) is 5. The quantitative estimate of drug-likeness (QED) is 0.690. The number of carbonyl (C=O) groups is 1. The Bertz CT molecular complexity index is 624. The van der Waals surface area contributed by atoms with E-state index in [2.05, 4.69) is 10.0 Å². The predicted molar refractivity (Wildman–Crippen MR) is 89.4 cm³/mol. The fourth-order valence-electron chi connectivity index (χ4n) is 2.27. The third-order valence-electron chi connectivity index (χ3n) is 3.60. The standard InChI is InChI=1S/C16H24N2O5S/c1-2-9-18-24(20,21)15-7-5-13(6-8-15)23-12-16(19)17-11-14-4-3-10-22-14/h5-8,14,18H,2-4,9-12H2,1H3,(H,17,19)/t14-/m0/s1. The van der Waals surface area contributed by atoms with E-state index in [9.17, 15) is 13.2 Å². The highest BCUT2D eigenvalue weighted by molar-refractivity contribution is 7.89. The van der Waals surface area contributed by atoms with Gasteiger partial charge in [0.2, 0.25) is 10.0 Å². The van der Waals surface area contributed by atoms with Gasteiger partial charge in [-0.2, -0.15) is 0 Å². The molecule has 1 atom stereocenters. The van der Waals surface area contributed by atoms with Crippen LogP contribution in [0.2, 0.25) is 0 Å². The molecule has 8 heteroatoms. The SMILES string of the molecule is CCCNS(=O)(=O)c1ccc(OCC(=O)NC[C@@H]2CCCO2)cc1. The molecule has 1 aliphatic rings. The Morgan fingerprint density at radius 3 is 2.71 bits per heavy atom. The van der Waals surface area contributed by atoms with Crippen molar-refractivity contribution in [1.29, 1.82) is 0 Å². The predicted octanol–water partition coefficient (Wildman–Crippen LogP) is 1.05. The van der Waals surface area contributed by atoms with Crippen molar-refractivity contribution in [1.82, 2.24) is 10.0 Å². The van der Waals surface area contributed by atoms with Crippen molar-refractivity contribution in [2.75, 3.05) is 26.3 Å². The van der Waals surface area contributed by atoms with E-state index < -0.39 is 10.0 Å². The lowest BCUT2D eigenvalue weighted by Gasteiger charge is -2.11. The Morgan fingerprint density at radius 1 is 1.33 bits per heavy atom. The molecule has 1 aromatic rings. The molecule has 0 bridgehead atoms. The molecule has 0 saturated carbocycles. The molecule has 0 radical (unpaired) electrons. The molecule has 1 aromatic carbocycles. The molecule has 1 fully saturated rings. The van der Waals surface area contributed by atoms with E-state index >= 15 is 0 Å². The van der Waals surface area contributed by atoms with Crippen molar-refractivity contribution in [2.45, 2.75) is 37.2 Å². The molecule has 1 amide bonds. The second-order valence-electron chi connectivity index (χ2n) is 5.60. The van der Waals surface area contributed by atoms with E-state index in [-0.39, 0.29) is 23.5 Å². The van der Waals surface area contributed by atoms with Crippen LogP contribution in [0, 0.1) is 0 Å². The van der Waals surface area contributed by atoms with Crippen LogP contribution < -0.4 is 14.8 Å². The number of rotatable bonds is 9. The van der Waals surface area contributed by atoms with Gasteiger partial charge in [0.1, 0.15) is 5.75 Å². The minimum absolute atomic E-state index is 0.0917. The van der Waals surface area contributed by atoms with Gasteiger partial charge in [-0.15, -0.1) is 0 Å². The van der Waals surface area contributed by atoms with Gasteiger partial charge in [0.25, 0.3) is 5.91 Å². The first-order valence-corrected chi connectivity index (χ1v) is 9.60. The summed E-state index contributed by atoms with van der Waals surface area (Å²) < 4.78 is 37.2. The summed E-state index contributed by atoms with van der Waals surface area (Å²) in [5, 5.41) is 2.76. The van der Waals surface area contributed by atoms with Crippen LogP contribution in [-0.4, -0.2) is 46.7 Å². The van der Waals surface area contributed by atoms with Crippen LogP contribution in [0.25, 0.3) is 0 Å². The van der Waals surface area contributed by atoms with E-state index in [4.69, 9.17) is 9.47 Å². The van der Waals surface area contributed by atoms with E-state index in [0.717, 1.165) is 25.9 Å². The van der Waals surface area contributed by atoms with Crippen molar-refractivity contribution >= 4 is 15.9 Å². The second kappa shape index (κ2) is 9.00.